The Morgan fingerprint density at radius 2 is 2.31 bits per heavy atom. The van der Waals surface area contributed by atoms with Gasteiger partial charge in [0.1, 0.15) is 5.82 Å². The molecule has 1 N–H and O–H groups in total. The van der Waals surface area contributed by atoms with Crippen molar-refractivity contribution in [3.05, 3.63) is 35.1 Å². The lowest BCUT2D eigenvalue weighted by molar-refractivity contribution is 0.0760. The van der Waals surface area contributed by atoms with E-state index in [-0.39, 0.29) is 11.5 Å². The first-order chi connectivity index (χ1) is 7.59. The smallest absolute Gasteiger partial charge is 0.256 e. The highest BCUT2D eigenvalue weighted by molar-refractivity contribution is 5.94. The number of hydrogen-bond donors (Lipinski definition) is 1. The van der Waals surface area contributed by atoms with Crippen LogP contribution >= 0.6 is 0 Å². The van der Waals surface area contributed by atoms with Crippen LogP contribution in [0.25, 0.3) is 0 Å². The van der Waals surface area contributed by atoms with Crippen molar-refractivity contribution in [3.8, 4) is 0 Å². The molecule has 0 bridgehead atoms. The van der Waals surface area contributed by atoms with Crippen molar-refractivity contribution in [2.75, 3.05) is 13.1 Å². The molecule has 0 spiro atoms. The van der Waals surface area contributed by atoms with Gasteiger partial charge in [0.2, 0.25) is 0 Å². The number of aliphatic hydroxyl groups excluding tert-OH is 1. The Morgan fingerprint density at radius 3 is 2.94 bits per heavy atom. The van der Waals surface area contributed by atoms with Crippen LogP contribution in [-0.2, 0) is 0 Å². The first kappa shape index (κ1) is 11.1. The molecular weight excluding hydrogens is 209 g/mol. The number of likely N-dealkylation sites (tertiary alicyclic amines) is 1. The fourth-order valence-corrected chi connectivity index (χ4v) is 1.91. The highest BCUT2D eigenvalue weighted by Crippen LogP contribution is 2.17. The summed E-state index contributed by atoms with van der Waals surface area (Å²) in [7, 11) is 0. The third kappa shape index (κ3) is 1.93. The van der Waals surface area contributed by atoms with Crippen LogP contribution in [0.4, 0.5) is 4.39 Å². The van der Waals surface area contributed by atoms with Gasteiger partial charge in [0.15, 0.2) is 0 Å². The van der Waals surface area contributed by atoms with Gasteiger partial charge in [-0.15, -0.1) is 0 Å². The predicted octanol–water partition coefficient (Wildman–Crippen LogP) is 1.34. The predicted molar refractivity (Wildman–Crippen MR) is 57.7 cm³/mol. The molecule has 0 saturated carbocycles. The first-order valence-corrected chi connectivity index (χ1v) is 5.32. The molecule has 4 heteroatoms. The third-order valence-corrected chi connectivity index (χ3v) is 2.87. The minimum atomic E-state index is -0.475. The largest absolute Gasteiger partial charge is 0.391 e. The number of halogens is 1. The second-order valence-corrected chi connectivity index (χ2v) is 4.13. The second kappa shape index (κ2) is 4.22. The summed E-state index contributed by atoms with van der Waals surface area (Å²) in [6.07, 6.45) is 0.0935. The molecule has 16 heavy (non-hydrogen) atoms. The molecule has 1 aliphatic heterocycles. The number of benzene rings is 1. The van der Waals surface area contributed by atoms with Gasteiger partial charge in [-0.2, -0.15) is 0 Å². The van der Waals surface area contributed by atoms with Gasteiger partial charge in [-0.25, -0.2) is 4.39 Å². The van der Waals surface area contributed by atoms with Crippen LogP contribution in [-0.4, -0.2) is 35.1 Å². The topological polar surface area (TPSA) is 40.5 Å². The molecule has 1 heterocycles. The first-order valence-electron chi connectivity index (χ1n) is 5.32. The lowest BCUT2D eigenvalue weighted by Gasteiger charge is -2.16. The summed E-state index contributed by atoms with van der Waals surface area (Å²) < 4.78 is 13.7. The van der Waals surface area contributed by atoms with Gasteiger partial charge in [0.05, 0.1) is 11.7 Å². The average molecular weight is 223 g/mol. The quantitative estimate of drug-likeness (QED) is 0.780. The maximum Gasteiger partial charge on any atom is 0.256 e. The fraction of sp³-hybridized carbons (Fsp3) is 0.417. The number of nitrogens with zero attached hydrogens (tertiary/aromatic N) is 1. The van der Waals surface area contributed by atoms with Gasteiger partial charge in [-0.1, -0.05) is 12.1 Å². The van der Waals surface area contributed by atoms with Crippen molar-refractivity contribution in [2.45, 2.75) is 19.4 Å². The van der Waals surface area contributed by atoms with Gasteiger partial charge < -0.3 is 10.0 Å². The molecule has 0 aromatic heterocycles. The Hall–Kier alpha value is -1.42. The Bertz CT molecular complexity index is 419. The Balaban J connectivity index is 2.24. The van der Waals surface area contributed by atoms with Crippen molar-refractivity contribution in [1.82, 2.24) is 4.90 Å². The molecule has 1 unspecified atom stereocenters. The Labute approximate surface area is 93.5 Å². The number of aryl methyl sites for hydroxylation is 1. The van der Waals surface area contributed by atoms with Crippen LogP contribution in [0.3, 0.4) is 0 Å². The summed E-state index contributed by atoms with van der Waals surface area (Å²) in [5, 5.41) is 9.33. The van der Waals surface area contributed by atoms with E-state index in [9.17, 15) is 14.3 Å². The fourth-order valence-electron chi connectivity index (χ4n) is 1.91. The van der Waals surface area contributed by atoms with Crippen molar-refractivity contribution in [1.29, 1.82) is 0 Å². The van der Waals surface area contributed by atoms with Crippen LogP contribution in [0, 0.1) is 12.7 Å². The van der Waals surface area contributed by atoms with E-state index in [1.807, 2.05) is 0 Å². The number of rotatable bonds is 1. The lowest BCUT2D eigenvalue weighted by atomic mass is 10.1. The minimum absolute atomic E-state index is 0.0918. The van der Waals surface area contributed by atoms with Gasteiger partial charge in [0.25, 0.3) is 5.91 Å². The summed E-state index contributed by atoms with van der Waals surface area (Å²) in [5.74, 6) is -0.799. The van der Waals surface area contributed by atoms with Crippen molar-refractivity contribution < 1.29 is 14.3 Å². The molecule has 0 radical (unpaired) electrons. The highest BCUT2D eigenvalue weighted by Gasteiger charge is 2.27. The zero-order valence-electron chi connectivity index (χ0n) is 9.11. The minimum Gasteiger partial charge on any atom is -0.391 e. The molecule has 3 nitrogen and oxygen atoms in total. The van der Waals surface area contributed by atoms with E-state index in [4.69, 9.17) is 0 Å². The van der Waals surface area contributed by atoms with Crippen molar-refractivity contribution >= 4 is 5.91 Å². The number of hydrogen-bond acceptors (Lipinski definition) is 2. The van der Waals surface area contributed by atoms with E-state index < -0.39 is 11.9 Å². The number of carbonyl (C=O) groups is 1. The molecule has 1 saturated heterocycles. The van der Waals surface area contributed by atoms with Crippen LogP contribution in [0.2, 0.25) is 0 Å². The van der Waals surface area contributed by atoms with Gasteiger partial charge in [-0.05, 0) is 25.0 Å². The van der Waals surface area contributed by atoms with Crippen LogP contribution in [0.1, 0.15) is 22.3 Å². The SMILES string of the molecule is Cc1cccc(C(=O)N2CCC(O)C2)c1F. The molecule has 1 aromatic rings. The van der Waals surface area contributed by atoms with E-state index in [1.54, 1.807) is 19.1 Å². The summed E-state index contributed by atoms with van der Waals surface area (Å²) in [6.45, 7) is 2.42. The van der Waals surface area contributed by atoms with E-state index >= 15 is 0 Å². The van der Waals surface area contributed by atoms with E-state index in [0.29, 0.717) is 25.1 Å². The molecule has 2 rings (SSSR count). The normalized spacial score (nSPS) is 20.2. The second-order valence-electron chi connectivity index (χ2n) is 4.13. The maximum absolute atomic E-state index is 13.7. The van der Waals surface area contributed by atoms with Crippen LogP contribution < -0.4 is 0 Å². The molecule has 1 aromatic carbocycles. The number of β-amino-alcohol motifs (C(OH)–C–C–N with tert-alkyl or cyclic N) is 1. The van der Waals surface area contributed by atoms with E-state index in [0.717, 1.165) is 0 Å². The zero-order chi connectivity index (χ0) is 11.7. The van der Waals surface area contributed by atoms with Crippen LogP contribution in [0.15, 0.2) is 18.2 Å². The molecule has 1 atom stereocenters. The Kier molecular flexibility index (Phi) is 2.92. The van der Waals surface area contributed by atoms with Gasteiger partial charge >= 0.3 is 0 Å². The molecule has 0 aliphatic carbocycles. The monoisotopic (exact) mass is 223 g/mol. The summed E-state index contributed by atoms with van der Waals surface area (Å²) in [4.78, 5) is 13.4. The lowest BCUT2D eigenvalue weighted by Crippen LogP contribution is -2.30. The molecule has 86 valence electrons. The molecule has 1 amide bonds. The molecule has 1 aliphatic rings. The summed E-state index contributed by atoms with van der Waals surface area (Å²) in [6, 6.07) is 4.78. The third-order valence-electron chi connectivity index (χ3n) is 2.87. The van der Waals surface area contributed by atoms with Crippen molar-refractivity contribution in [3.63, 3.8) is 0 Å². The number of amides is 1. The van der Waals surface area contributed by atoms with Crippen LogP contribution in [0.5, 0.6) is 0 Å². The zero-order valence-corrected chi connectivity index (χ0v) is 9.11. The molecular formula is C12H14FNO2. The maximum atomic E-state index is 13.7. The van der Waals surface area contributed by atoms with Gasteiger partial charge in [0, 0.05) is 13.1 Å². The van der Waals surface area contributed by atoms with E-state index in [2.05, 4.69) is 0 Å². The Morgan fingerprint density at radius 1 is 1.56 bits per heavy atom. The van der Waals surface area contributed by atoms with E-state index in [1.165, 1.54) is 11.0 Å². The molecule has 1 fully saturated rings. The highest BCUT2D eigenvalue weighted by atomic mass is 19.1. The number of aliphatic hydroxyl groups is 1. The standard InChI is InChI=1S/C12H14FNO2/c1-8-3-2-4-10(11(8)13)12(16)14-6-5-9(15)7-14/h2-4,9,15H,5-7H2,1H3. The summed E-state index contributed by atoms with van der Waals surface area (Å²) >= 11 is 0. The van der Waals surface area contributed by atoms with Crippen molar-refractivity contribution in [2.24, 2.45) is 0 Å². The summed E-state index contributed by atoms with van der Waals surface area (Å²) in [5.41, 5.74) is 0.555. The average Bonchev–Trinajstić information content (AvgIpc) is 2.68. The van der Waals surface area contributed by atoms with Gasteiger partial charge in [-0.3, -0.25) is 4.79 Å². The number of carbonyl (C=O) groups excluding carboxylic acids is 1.